The van der Waals surface area contributed by atoms with Gasteiger partial charge in [0, 0.05) is 10.6 Å². The van der Waals surface area contributed by atoms with Crippen molar-refractivity contribution in [2.45, 2.75) is 19.9 Å². The van der Waals surface area contributed by atoms with Crippen LogP contribution in [0.4, 0.5) is 10.5 Å². The van der Waals surface area contributed by atoms with Gasteiger partial charge in [-0.25, -0.2) is 9.78 Å². The molecule has 0 bridgehead atoms. The maximum absolute atomic E-state index is 11.7. The lowest BCUT2D eigenvalue weighted by atomic mass is 10.1. The van der Waals surface area contributed by atoms with Crippen molar-refractivity contribution in [1.82, 2.24) is 10.3 Å². The Labute approximate surface area is 125 Å². The number of rotatable bonds is 5. The van der Waals surface area contributed by atoms with Crippen LogP contribution < -0.4 is 10.6 Å². The molecule has 0 atom stereocenters. The van der Waals surface area contributed by atoms with Gasteiger partial charge < -0.3 is 15.7 Å². The first kappa shape index (κ1) is 15.0. The summed E-state index contributed by atoms with van der Waals surface area (Å²) in [7, 11) is 0. The third kappa shape index (κ3) is 4.57. The lowest BCUT2D eigenvalue weighted by Gasteiger charge is -2.07. The van der Waals surface area contributed by atoms with Crippen molar-refractivity contribution in [2.24, 2.45) is 0 Å². The minimum atomic E-state index is -0.881. The largest absolute Gasteiger partial charge is 0.481 e. The SMILES string of the molecule is Cc1ncsc1CNC(=O)Nc1ccc(CC(=O)O)cc1. The molecular weight excluding hydrogens is 290 g/mol. The molecule has 21 heavy (non-hydrogen) atoms. The van der Waals surface area contributed by atoms with E-state index in [-0.39, 0.29) is 12.5 Å². The zero-order chi connectivity index (χ0) is 15.2. The molecule has 1 aromatic carbocycles. The average Bonchev–Trinajstić information content (AvgIpc) is 2.84. The topological polar surface area (TPSA) is 91.3 Å². The number of carbonyl (C=O) groups is 2. The van der Waals surface area contributed by atoms with Gasteiger partial charge in [-0.2, -0.15) is 0 Å². The molecule has 2 rings (SSSR count). The number of carboxylic acids is 1. The van der Waals surface area contributed by atoms with E-state index in [0.717, 1.165) is 10.6 Å². The summed E-state index contributed by atoms with van der Waals surface area (Å²) >= 11 is 1.50. The van der Waals surface area contributed by atoms with E-state index in [1.165, 1.54) is 11.3 Å². The second kappa shape index (κ2) is 6.85. The summed E-state index contributed by atoms with van der Waals surface area (Å²) in [6, 6.07) is 6.40. The van der Waals surface area contributed by atoms with E-state index in [1.807, 2.05) is 6.92 Å². The number of nitrogens with one attached hydrogen (secondary N) is 2. The minimum Gasteiger partial charge on any atom is -0.481 e. The Morgan fingerprint density at radius 1 is 1.29 bits per heavy atom. The number of aromatic nitrogens is 1. The zero-order valence-corrected chi connectivity index (χ0v) is 12.2. The van der Waals surface area contributed by atoms with Crippen LogP contribution in [-0.4, -0.2) is 22.1 Å². The summed E-state index contributed by atoms with van der Waals surface area (Å²) in [5.74, 6) is -0.881. The number of hydrogen-bond acceptors (Lipinski definition) is 4. The minimum absolute atomic E-state index is 0.0306. The van der Waals surface area contributed by atoms with Crippen molar-refractivity contribution in [3.63, 3.8) is 0 Å². The molecule has 7 heteroatoms. The molecule has 6 nitrogen and oxygen atoms in total. The molecule has 2 amide bonds. The van der Waals surface area contributed by atoms with Gasteiger partial charge in [0.1, 0.15) is 0 Å². The molecule has 0 saturated heterocycles. The lowest BCUT2D eigenvalue weighted by molar-refractivity contribution is -0.136. The predicted molar refractivity (Wildman–Crippen MR) is 80.5 cm³/mol. The highest BCUT2D eigenvalue weighted by atomic mass is 32.1. The number of benzene rings is 1. The van der Waals surface area contributed by atoms with Crippen molar-refractivity contribution >= 4 is 29.0 Å². The molecule has 0 saturated carbocycles. The maximum Gasteiger partial charge on any atom is 0.319 e. The van der Waals surface area contributed by atoms with E-state index in [2.05, 4.69) is 15.6 Å². The molecule has 0 fully saturated rings. The number of urea groups is 1. The van der Waals surface area contributed by atoms with E-state index in [0.29, 0.717) is 17.8 Å². The summed E-state index contributed by atoms with van der Waals surface area (Å²) < 4.78 is 0. The summed E-state index contributed by atoms with van der Waals surface area (Å²) in [5.41, 5.74) is 3.96. The second-order valence-corrected chi connectivity index (χ2v) is 5.38. The fourth-order valence-electron chi connectivity index (χ4n) is 1.71. The van der Waals surface area contributed by atoms with Crippen LogP contribution in [0.25, 0.3) is 0 Å². The van der Waals surface area contributed by atoms with E-state index in [4.69, 9.17) is 5.11 Å². The third-order valence-corrected chi connectivity index (χ3v) is 3.76. The summed E-state index contributed by atoms with van der Waals surface area (Å²) in [4.78, 5) is 27.4. The average molecular weight is 305 g/mol. The second-order valence-electron chi connectivity index (χ2n) is 4.44. The third-order valence-electron chi connectivity index (χ3n) is 2.82. The molecule has 0 unspecified atom stereocenters. The number of amides is 2. The highest BCUT2D eigenvalue weighted by Crippen LogP contribution is 2.12. The number of carboxylic acid groups (broad SMARTS) is 1. The lowest BCUT2D eigenvalue weighted by Crippen LogP contribution is -2.28. The number of thiazole rings is 1. The number of carbonyl (C=O) groups excluding carboxylic acids is 1. The molecular formula is C14H15N3O3S. The Kier molecular flexibility index (Phi) is 4.89. The summed E-state index contributed by atoms with van der Waals surface area (Å²) in [5, 5.41) is 14.1. The fourth-order valence-corrected chi connectivity index (χ4v) is 2.43. The van der Waals surface area contributed by atoms with Crippen LogP contribution in [0.3, 0.4) is 0 Å². The predicted octanol–water partition coefficient (Wildman–Crippen LogP) is 2.40. The van der Waals surface area contributed by atoms with Gasteiger partial charge in [0.15, 0.2) is 0 Å². The number of aliphatic carboxylic acids is 1. The van der Waals surface area contributed by atoms with E-state index < -0.39 is 5.97 Å². The standard InChI is InChI=1S/C14H15N3O3S/c1-9-12(21-8-16-9)7-15-14(20)17-11-4-2-10(3-5-11)6-13(18)19/h2-5,8H,6-7H2,1H3,(H,18,19)(H2,15,17,20). The molecule has 0 radical (unpaired) electrons. The molecule has 2 aromatic rings. The van der Waals surface area contributed by atoms with Gasteiger partial charge in [-0.1, -0.05) is 12.1 Å². The molecule has 0 aliphatic carbocycles. The van der Waals surface area contributed by atoms with Crippen LogP contribution in [0.5, 0.6) is 0 Å². The Balaban J connectivity index is 1.85. The van der Waals surface area contributed by atoms with Gasteiger partial charge in [-0.15, -0.1) is 11.3 Å². The van der Waals surface area contributed by atoms with Gasteiger partial charge in [-0.05, 0) is 24.6 Å². The number of aryl methyl sites for hydroxylation is 1. The van der Waals surface area contributed by atoms with E-state index in [1.54, 1.807) is 29.8 Å². The molecule has 1 heterocycles. The monoisotopic (exact) mass is 305 g/mol. The number of nitrogens with zero attached hydrogens (tertiary/aromatic N) is 1. The van der Waals surface area contributed by atoms with E-state index >= 15 is 0 Å². The number of hydrogen-bond donors (Lipinski definition) is 3. The highest BCUT2D eigenvalue weighted by Gasteiger charge is 2.06. The molecule has 0 aliphatic rings. The maximum atomic E-state index is 11.7. The van der Waals surface area contributed by atoms with Crippen molar-refractivity contribution in [2.75, 3.05) is 5.32 Å². The van der Waals surface area contributed by atoms with Crippen LogP contribution >= 0.6 is 11.3 Å². The van der Waals surface area contributed by atoms with Crippen LogP contribution in [-0.2, 0) is 17.8 Å². The molecule has 0 aliphatic heterocycles. The van der Waals surface area contributed by atoms with E-state index in [9.17, 15) is 9.59 Å². The van der Waals surface area contributed by atoms with Gasteiger partial charge in [0.25, 0.3) is 0 Å². The van der Waals surface area contributed by atoms with Gasteiger partial charge >= 0.3 is 12.0 Å². The first-order valence-electron chi connectivity index (χ1n) is 6.29. The Morgan fingerprint density at radius 3 is 2.57 bits per heavy atom. The first-order valence-corrected chi connectivity index (χ1v) is 7.17. The summed E-state index contributed by atoms with van der Waals surface area (Å²) in [6.45, 7) is 2.33. The molecule has 110 valence electrons. The van der Waals surface area contributed by atoms with Gasteiger partial charge in [0.2, 0.25) is 0 Å². The Bertz CT molecular complexity index is 637. The van der Waals surface area contributed by atoms with Crippen molar-refractivity contribution in [3.8, 4) is 0 Å². The molecule has 0 spiro atoms. The van der Waals surface area contributed by atoms with Crippen LogP contribution in [0, 0.1) is 6.92 Å². The first-order chi connectivity index (χ1) is 10.0. The fraction of sp³-hybridized carbons (Fsp3) is 0.214. The van der Waals surface area contributed by atoms with Crippen LogP contribution in [0.2, 0.25) is 0 Å². The normalized spacial score (nSPS) is 10.1. The summed E-state index contributed by atoms with van der Waals surface area (Å²) in [6.07, 6.45) is -0.0306. The smallest absolute Gasteiger partial charge is 0.319 e. The van der Waals surface area contributed by atoms with Crippen LogP contribution in [0.15, 0.2) is 29.8 Å². The van der Waals surface area contributed by atoms with Crippen molar-refractivity contribution in [1.29, 1.82) is 0 Å². The van der Waals surface area contributed by atoms with Crippen molar-refractivity contribution < 1.29 is 14.7 Å². The number of anilines is 1. The quantitative estimate of drug-likeness (QED) is 0.791. The van der Waals surface area contributed by atoms with Gasteiger partial charge in [-0.3, -0.25) is 4.79 Å². The van der Waals surface area contributed by atoms with Crippen molar-refractivity contribution in [3.05, 3.63) is 45.9 Å². The zero-order valence-electron chi connectivity index (χ0n) is 11.4. The van der Waals surface area contributed by atoms with Gasteiger partial charge in [0.05, 0.1) is 24.2 Å². The Hall–Kier alpha value is -2.41. The van der Waals surface area contributed by atoms with Crippen LogP contribution in [0.1, 0.15) is 16.1 Å². The molecule has 1 aromatic heterocycles. The molecule has 3 N–H and O–H groups in total. The highest BCUT2D eigenvalue weighted by molar-refractivity contribution is 7.09. The Morgan fingerprint density at radius 2 is 2.00 bits per heavy atom.